The third-order valence-electron chi connectivity index (χ3n) is 3.99. The van der Waals surface area contributed by atoms with Gasteiger partial charge in [-0.25, -0.2) is 9.97 Å². The number of rotatable bonds is 4. The standard InChI is InChI=1S/C15H18N6O3/c1-9-3-5-16-14(13(9)21(23)24)18-11-4-6-20(8-11)15-17-10(2)7-12(22)19-15/h3,5,7,11H,4,6,8H2,1-2H3,(H,16,18)(H,17,19,22). The molecule has 1 aliphatic heterocycles. The van der Waals surface area contributed by atoms with E-state index in [1.54, 1.807) is 26.1 Å². The van der Waals surface area contributed by atoms with Gasteiger partial charge in [0.2, 0.25) is 11.8 Å². The SMILES string of the molecule is Cc1cc(=O)[nH]c(N2CCC(Nc3nccc(C)c3[N+](=O)[O-])C2)n1. The van der Waals surface area contributed by atoms with Crippen LogP contribution in [0.15, 0.2) is 23.1 Å². The first-order valence-corrected chi connectivity index (χ1v) is 7.63. The second-order valence-electron chi connectivity index (χ2n) is 5.87. The molecule has 1 atom stereocenters. The summed E-state index contributed by atoms with van der Waals surface area (Å²) in [6.07, 6.45) is 2.32. The predicted octanol–water partition coefficient (Wildman–Crippen LogP) is 1.38. The lowest BCUT2D eigenvalue weighted by Crippen LogP contribution is -2.29. The molecule has 0 aromatic carbocycles. The fourth-order valence-electron chi connectivity index (χ4n) is 2.86. The highest BCUT2D eigenvalue weighted by Crippen LogP contribution is 2.27. The van der Waals surface area contributed by atoms with Gasteiger partial charge in [-0.05, 0) is 26.3 Å². The molecule has 0 spiro atoms. The molecule has 0 bridgehead atoms. The van der Waals surface area contributed by atoms with Crippen LogP contribution in [0.3, 0.4) is 0 Å². The molecule has 0 saturated carbocycles. The van der Waals surface area contributed by atoms with Crippen LogP contribution in [0.5, 0.6) is 0 Å². The molecule has 2 N–H and O–H groups in total. The molecule has 0 aliphatic carbocycles. The molecule has 9 nitrogen and oxygen atoms in total. The lowest BCUT2D eigenvalue weighted by Gasteiger charge is -2.18. The zero-order valence-electron chi connectivity index (χ0n) is 13.4. The lowest BCUT2D eigenvalue weighted by atomic mass is 10.2. The minimum atomic E-state index is -0.420. The minimum Gasteiger partial charge on any atom is -0.360 e. The third-order valence-corrected chi connectivity index (χ3v) is 3.99. The van der Waals surface area contributed by atoms with Crippen LogP contribution in [0.2, 0.25) is 0 Å². The van der Waals surface area contributed by atoms with Gasteiger partial charge in [-0.1, -0.05) is 0 Å². The van der Waals surface area contributed by atoms with Crippen LogP contribution >= 0.6 is 0 Å². The normalized spacial score (nSPS) is 17.1. The number of pyridine rings is 1. The molecular formula is C15H18N6O3. The van der Waals surface area contributed by atoms with E-state index in [1.807, 2.05) is 4.90 Å². The van der Waals surface area contributed by atoms with E-state index in [0.717, 1.165) is 6.42 Å². The second-order valence-corrected chi connectivity index (χ2v) is 5.87. The Balaban J connectivity index is 1.76. The van der Waals surface area contributed by atoms with Crippen molar-refractivity contribution < 1.29 is 4.92 Å². The van der Waals surface area contributed by atoms with Crippen molar-refractivity contribution in [1.82, 2.24) is 15.0 Å². The van der Waals surface area contributed by atoms with Crippen molar-refractivity contribution in [2.75, 3.05) is 23.3 Å². The van der Waals surface area contributed by atoms with Gasteiger partial charge < -0.3 is 10.2 Å². The Morgan fingerprint density at radius 1 is 1.46 bits per heavy atom. The van der Waals surface area contributed by atoms with E-state index in [4.69, 9.17) is 0 Å². The van der Waals surface area contributed by atoms with Crippen LogP contribution in [0.4, 0.5) is 17.5 Å². The maximum Gasteiger partial charge on any atom is 0.314 e. The van der Waals surface area contributed by atoms with Gasteiger partial charge in [-0.2, -0.15) is 0 Å². The van der Waals surface area contributed by atoms with Gasteiger partial charge in [-0.3, -0.25) is 19.9 Å². The number of nitrogens with zero attached hydrogens (tertiary/aromatic N) is 4. The number of hydrogen-bond acceptors (Lipinski definition) is 7. The van der Waals surface area contributed by atoms with Crippen molar-refractivity contribution in [1.29, 1.82) is 0 Å². The number of aromatic amines is 1. The topological polar surface area (TPSA) is 117 Å². The summed E-state index contributed by atoms with van der Waals surface area (Å²) in [6, 6.07) is 3.05. The smallest absolute Gasteiger partial charge is 0.314 e. The van der Waals surface area contributed by atoms with Crippen LogP contribution in [0, 0.1) is 24.0 Å². The Hall–Kier alpha value is -2.97. The summed E-state index contributed by atoms with van der Waals surface area (Å²) in [5.74, 6) is 0.800. The molecular weight excluding hydrogens is 312 g/mol. The van der Waals surface area contributed by atoms with E-state index in [2.05, 4.69) is 20.3 Å². The number of nitro groups is 1. The van der Waals surface area contributed by atoms with E-state index in [0.29, 0.717) is 30.3 Å². The molecule has 1 fully saturated rings. The maximum atomic E-state index is 11.6. The largest absolute Gasteiger partial charge is 0.360 e. The van der Waals surface area contributed by atoms with Crippen LogP contribution in [0.25, 0.3) is 0 Å². The predicted molar refractivity (Wildman–Crippen MR) is 89.5 cm³/mol. The van der Waals surface area contributed by atoms with Gasteiger partial charge in [0.1, 0.15) is 0 Å². The van der Waals surface area contributed by atoms with Gasteiger partial charge >= 0.3 is 5.69 Å². The van der Waals surface area contributed by atoms with E-state index >= 15 is 0 Å². The van der Waals surface area contributed by atoms with Gasteiger partial charge in [0.05, 0.1) is 4.92 Å². The Bertz CT molecular complexity index is 834. The number of anilines is 2. The zero-order chi connectivity index (χ0) is 17.3. The molecule has 2 aromatic rings. The van der Waals surface area contributed by atoms with Crippen molar-refractivity contribution in [2.45, 2.75) is 26.3 Å². The van der Waals surface area contributed by atoms with Crippen LogP contribution in [-0.2, 0) is 0 Å². The molecule has 126 valence electrons. The average Bonchev–Trinajstić information content (AvgIpc) is 2.94. The van der Waals surface area contributed by atoms with Crippen LogP contribution in [0.1, 0.15) is 17.7 Å². The molecule has 1 saturated heterocycles. The first-order chi connectivity index (χ1) is 11.4. The quantitative estimate of drug-likeness (QED) is 0.642. The monoisotopic (exact) mass is 330 g/mol. The molecule has 3 heterocycles. The fourth-order valence-corrected chi connectivity index (χ4v) is 2.86. The number of aromatic nitrogens is 3. The first-order valence-electron chi connectivity index (χ1n) is 7.63. The first kappa shape index (κ1) is 15.9. The van der Waals surface area contributed by atoms with Crippen molar-refractivity contribution in [3.63, 3.8) is 0 Å². The van der Waals surface area contributed by atoms with Crippen LogP contribution < -0.4 is 15.8 Å². The van der Waals surface area contributed by atoms with Gasteiger partial charge in [0.15, 0.2) is 0 Å². The highest BCUT2D eigenvalue weighted by molar-refractivity contribution is 5.60. The highest BCUT2D eigenvalue weighted by atomic mass is 16.6. The molecule has 0 amide bonds. The highest BCUT2D eigenvalue weighted by Gasteiger charge is 2.27. The van der Waals surface area contributed by atoms with E-state index in [9.17, 15) is 14.9 Å². The van der Waals surface area contributed by atoms with Crippen molar-refractivity contribution in [2.24, 2.45) is 0 Å². The number of aryl methyl sites for hydroxylation is 2. The summed E-state index contributed by atoms with van der Waals surface area (Å²) < 4.78 is 0. The fraction of sp³-hybridized carbons (Fsp3) is 0.400. The molecule has 2 aromatic heterocycles. The number of hydrogen-bond donors (Lipinski definition) is 2. The molecule has 1 aliphatic rings. The van der Waals surface area contributed by atoms with E-state index in [1.165, 1.54) is 6.07 Å². The Labute approximate surface area is 137 Å². The van der Waals surface area contributed by atoms with Crippen molar-refractivity contribution in [3.8, 4) is 0 Å². The molecule has 3 rings (SSSR count). The second kappa shape index (κ2) is 6.26. The zero-order valence-corrected chi connectivity index (χ0v) is 13.4. The maximum absolute atomic E-state index is 11.6. The summed E-state index contributed by atoms with van der Waals surface area (Å²) in [6.45, 7) is 4.74. The van der Waals surface area contributed by atoms with Gasteiger partial charge in [-0.15, -0.1) is 0 Å². The summed E-state index contributed by atoms with van der Waals surface area (Å²) in [4.78, 5) is 35.5. The number of H-pyrrole nitrogens is 1. The lowest BCUT2D eigenvalue weighted by molar-refractivity contribution is -0.384. The molecule has 9 heteroatoms. The summed E-state index contributed by atoms with van der Waals surface area (Å²) in [7, 11) is 0. The summed E-state index contributed by atoms with van der Waals surface area (Å²) >= 11 is 0. The van der Waals surface area contributed by atoms with Crippen molar-refractivity contribution in [3.05, 3.63) is 50.1 Å². The average molecular weight is 330 g/mol. The third kappa shape index (κ3) is 3.19. The Morgan fingerprint density at radius 2 is 2.25 bits per heavy atom. The van der Waals surface area contributed by atoms with Crippen LogP contribution in [-0.4, -0.2) is 39.0 Å². The van der Waals surface area contributed by atoms with Crippen molar-refractivity contribution >= 4 is 17.5 Å². The number of nitrogens with one attached hydrogen (secondary N) is 2. The van der Waals surface area contributed by atoms with E-state index in [-0.39, 0.29) is 23.1 Å². The Kier molecular flexibility index (Phi) is 4.15. The Morgan fingerprint density at radius 3 is 2.96 bits per heavy atom. The minimum absolute atomic E-state index is 0.00182. The molecule has 0 radical (unpaired) electrons. The van der Waals surface area contributed by atoms with E-state index < -0.39 is 4.92 Å². The molecule has 24 heavy (non-hydrogen) atoms. The molecule has 1 unspecified atom stereocenters. The summed E-state index contributed by atoms with van der Waals surface area (Å²) in [5.41, 5.74) is 1.03. The van der Waals surface area contributed by atoms with Gasteiger partial charge in [0, 0.05) is 42.7 Å². The summed E-state index contributed by atoms with van der Waals surface area (Å²) in [5, 5.41) is 14.4. The van der Waals surface area contributed by atoms with Gasteiger partial charge in [0.25, 0.3) is 5.56 Å².